The zero-order valence-corrected chi connectivity index (χ0v) is 31.6. The van der Waals surface area contributed by atoms with E-state index in [0.29, 0.717) is 25.0 Å². The van der Waals surface area contributed by atoms with E-state index >= 15 is 0 Å². The largest absolute Gasteiger partial charge is 0.492 e. The molecular formula is C49H55NO3. The molecule has 4 nitrogen and oxygen atoms in total. The van der Waals surface area contributed by atoms with Crippen molar-refractivity contribution in [3.63, 3.8) is 0 Å². The van der Waals surface area contributed by atoms with Crippen LogP contribution in [-0.4, -0.2) is 31.1 Å². The van der Waals surface area contributed by atoms with E-state index in [9.17, 15) is 0 Å². The van der Waals surface area contributed by atoms with Gasteiger partial charge in [0.1, 0.15) is 37.1 Å². The van der Waals surface area contributed by atoms with Crippen LogP contribution in [-0.2, 0) is 19.6 Å². The number of likely N-dealkylation sites (tertiary alicyclic amines) is 1. The topological polar surface area (TPSA) is 30.9 Å². The molecule has 2 aliphatic rings. The normalized spacial score (nSPS) is 18.0. The van der Waals surface area contributed by atoms with Crippen LogP contribution in [0.2, 0.25) is 0 Å². The minimum absolute atomic E-state index is 0.421. The summed E-state index contributed by atoms with van der Waals surface area (Å²) in [5.41, 5.74) is 10.4. The van der Waals surface area contributed by atoms with Gasteiger partial charge >= 0.3 is 0 Å². The Morgan fingerprint density at radius 2 is 1.19 bits per heavy atom. The second-order valence-corrected chi connectivity index (χ2v) is 15.1. The van der Waals surface area contributed by atoms with E-state index in [4.69, 9.17) is 14.2 Å². The highest BCUT2D eigenvalue weighted by atomic mass is 16.5. The van der Waals surface area contributed by atoms with Crippen LogP contribution in [0, 0.1) is 5.92 Å². The molecule has 0 N–H and O–H groups in total. The SMILES string of the molecule is CC1=C(c2ccc(OCc3ccccc3)cc2)CC(Cc2ccc(OCCN3CCCCCC3)cc2)CC(C)c2ccc(OCc3ccccc3)cc21. The Hall–Kier alpha value is -4.80. The lowest BCUT2D eigenvalue weighted by Crippen LogP contribution is -2.29. The third kappa shape index (κ3) is 10.2. The molecule has 2 unspecified atom stereocenters. The summed E-state index contributed by atoms with van der Waals surface area (Å²) in [6.45, 7) is 10.00. The van der Waals surface area contributed by atoms with Crippen LogP contribution >= 0.6 is 0 Å². The molecular weight excluding hydrogens is 651 g/mol. The van der Waals surface area contributed by atoms with Crippen molar-refractivity contribution in [1.29, 1.82) is 0 Å². The van der Waals surface area contributed by atoms with Crippen molar-refractivity contribution in [3.8, 4) is 17.2 Å². The molecule has 0 bridgehead atoms. The predicted molar refractivity (Wildman–Crippen MR) is 219 cm³/mol. The summed E-state index contributed by atoms with van der Waals surface area (Å²) in [6, 6.07) is 45.1. The van der Waals surface area contributed by atoms with Gasteiger partial charge in [-0.15, -0.1) is 0 Å². The minimum Gasteiger partial charge on any atom is -0.492 e. The van der Waals surface area contributed by atoms with Crippen LogP contribution in [0.3, 0.4) is 0 Å². The first kappa shape index (κ1) is 36.6. The molecule has 4 heteroatoms. The molecule has 5 aromatic rings. The number of allylic oxidation sites excluding steroid dienone is 2. The third-order valence-electron chi connectivity index (χ3n) is 11.1. The maximum absolute atomic E-state index is 6.35. The predicted octanol–water partition coefficient (Wildman–Crippen LogP) is 11.8. The van der Waals surface area contributed by atoms with Crippen LogP contribution in [0.15, 0.2) is 127 Å². The fraction of sp³-hybridized carbons (Fsp3) is 0.347. The van der Waals surface area contributed by atoms with Crippen molar-refractivity contribution >= 4 is 11.1 Å². The molecule has 0 saturated carbocycles. The van der Waals surface area contributed by atoms with Gasteiger partial charge in [-0.05, 0) is 145 Å². The van der Waals surface area contributed by atoms with Crippen molar-refractivity contribution in [2.75, 3.05) is 26.2 Å². The molecule has 1 fully saturated rings. The van der Waals surface area contributed by atoms with Gasteiger partial charge in [0.15, 0.2) is 0 Å². The van der Waals surface area contributed by atoms with Crippen LogP contribution in [0.5, 0.6) is 17.2 Å². The van der Waals surface area contributed by atoms with Crippen LogP contribution < -0.4 is 14.2 Å². The van der Waals surface area contributed by atoms with E-state index in [2.05, 4.69) is 134 Å². The van der Waals surface area contributed by atoms with Gasteiger partial charge in [0.25, 0.3) is 0 Å². The Morgan fingerprint density at radius 1 is 0.604 bits per heavy atom. The van der Waals surface area contributed by atoms with E-state index in [1.165, 1.54) is 83.3 Å². The summed E-state index contributed by atoms with van der Waals surface area (Å²) in [7, 11) is 0. The number of ether oxygens (including phenoxy) is 3. The smallest absolute Gasteiger partial charge is 0.120 e. The Bertz CT molecular complexity index is 1890. The quantitative estimate of drug-likeness (QED) is 0.122. The van der Waals surface area contributed by atoms with Gasteiger partial charge in [-0.1, -0.05) is 111 Å². The van der Waals surface area contributed by atoms with E-state index in [0.717, 1.165) is 49.7 Å². The summed E-state index contributed by atoms with van der Waals surface area (Å²) < 4.78 is 18.7. The van der Waals surface area contributed by atoms with Crippen molar-refractivity contribution in [3.05, 3.63) is 161 Å². The van der Waals surface area contributed by atoms with Crippen molar-refractivity contribution < 1.29 is 14.2 Å². The maximum atomic E-state index is 6.35. The number of rotatable bonds is 13. The summed E-state index contributed by atoms with van der Waals surface area (Å²) in [5.74, 6) is 3.68. The zero-order valence-electron chi connectivity index (χ0n) is 31.6. The second-order valence-electron chi connectivity index (χ2n) is 15.1. The van der Waals surface area contributed by atoms with Gasteiger partial charge in [0, 0.05) is 6.54 Å². The Morgan fingerprint density at radius 3 is 1.85 bits per heavy atom. The summed E-state index contributed by atoms with van der Waals surface area (Å²) >= 11 is 0. The first-order chi connectivity index (χ1) is 26.1. The minimum atomic E-state index is 0.421. The molecule has 0 aromatic heterocycles. The molecule has 274 valence electrons. The molecule has 1 aliphatic carbocycles. The molecule has 0 amide bonds. The Balaban J connectivity index is 1.10. The molecule has 1 saturated heterocycles. The van der Waals surface area contributed by atoms with E-state index in [-0.39, 0.29) is 0 Å². The lowest BCUT2D eigenvalue weighted by molar-refractivity contribution is 0.214. The molecule has 1 aliphatic heterocycles. The Labute approximate surface area is 317 Å². The van der Waals surface area contributed by atoms with Crippen molar-refractivity contribution in [2.45, 2.75) is 77.9 Å². The number of benzene rings is 5. The van der Waals surface area contributed by atoms with Crippen LogP contribution in [0.4, 0.5) is 0 Å². The molecule has 5 aromatic carbocycles. The monoisotopic (exact) mass is 705 g/mol. The van der Waals surface area contributed by atoms with Crippen LogP contribution in [0.25, 0.3) is 11.1 Å². The van der Waals surface area contributed by atoms with Crippen molar-refractivity contribution in [2.24, 2.45) is 5.92 Å². The molecule has 7 rings (SSSR count). The van der Waals surface area contributed by atoms with Gasteiger partial charge in [-0.2, -0.15) is 0 Å². The summed E-state index contributed by atoms with van der Waals surface area (Å²) in [5, 5.41) is 0. The third-order valence-corrected chi connectivity index (χ3v) is 11.1. The molecule has 0 spiro atoms. The molecule has 53 heavy (non-hydrogen) atoms. The van der Waals surface area contributed by atoms with Crippen molar-refractivity contribution in [1.82, 2.24) is 4.90 Å². The summed E-state index contributed by atoms with van der Waals surface area (Å²) in [6.07, 6.45) is 8.50. The highest BCUT2D eigenvalue weighted by Gasteiger charge is 2.25. The molecule has 1 heterocycles. The van der Waals surface area contributed by atoms with Gasteiger partial charge < -0.3 is 14.2 Å². The van der Waals surface area contributed by atoms with Gasteiger partial charge in [-0.25, -0.2) is 0 Å². The number of nitrogens with zero attached hydrogens (tertiary/aromatic N) is 1. The average Bonchev–Trinajstić information content (AvgIpc) is 3.48. The lowest BCUT2D eigenvalue weighted by Gasteiger charge is -2.30. The molecule has 0 radical (unpaired) electrons. The summed E-state index contributed by atoms with van der Waals surface area (Å²) in [4.78, 5) is 2.56. The zero-order chi connectivity index (χ0) is 36.2. The highest BCUT2D eigenvalue weighted by molar-refractivity contribution is 5.91. The first-order valence-electron chi connectivity index (χ1n) is 19.8. The van der Waals surface area contributed by atoms with Gasteiger partial charge in [0.05, 0.1) is 0 Å². The average molecular weight is 706 g/mol. The van der Waals surface area contributed by atoms with E-state index < -0.39 is 0 Å². The van der Waals surface area contributed by atoms with E-state index in [1.54, 1.807) is 0 Å². The van der Waals surface area contributed by atoms with E-state index in [1.807, 2.05) is 12.1 Å². The fourth-order valence-electron chi connectivity index (χ4n) is 8.13. The van der Waals surface area contributed by atoms with Gasteiger partial charge in [-0.3, -0.25) is 4.90 Å². The maximum Gasteiger partial charge on any atom is 0.120 e. The lowest BCUT2D eigenvalue weighted by atomic mass is 9.75. The fourth-order valence-corrected chi connectivity index (χ4v) is 8.13. The first-order valence-corrected chi connectivity index (χ1v) is 19.8. The highest BCUT2D eigenvalue weighted by Crippen LogP contribution is 2.43. The van der Waals surface area contributed by atoms with Gasteiger partial charge in [0.2, 0.25) is 0 Å². The second kappa shape index (κ2) is 18.3. The number of fused-ring (bicyclic) bond motifs is 1. The standard InChI is InChI=1S/C49H55NO3/c1-37-31-42(32-39-17-21-44(22-18-39)51-30-29-50-27-11-3-4-12-28-50)33-48(43-19-23-45(24-20-43)52-35-40-13-7-5-8-14-40)38(2)49-34-46(25-26-47(37)49)53-36-41-15-9-6-10-16-41/h5-10,13-26,34,37,42H,3-4,11-12,27-33,35-36H2,1-2H3. The van der Waals surface area contributed by atoms with Crippen LogP contribution in [0.1, 0.15) is 91.7 Å². The number of hydrogen-bond acceptors (Lipinski definition) is 4. The Kier molecular flexibility index (Phi) is 12.6. The number of hydrogen-bond donors (Lipinski definition) is 0. The molecule has 2 atom stereocenters.